The predicted octanol–water partition coefficient (Wildman–Crippen LogP) is 3.94. The summed E-state index contributed by atoms with van der Waals surface area (Å²) in [7, 11) is 0. The molecule has 2 nitrogen and oxygen atoms in total. The number of nitrogens with zero attached hydrogens (tertiary/aromatic N) is 2. The van der Waals surface area contributed by atoms with Gasteiger partial charge < -0.3 is 4.90 Å². The Morgan fingerprint density at radius 3 is 2.26 bits per heavy atom. The van der Waals surface area contributed by atoms with Crippen molar-refractivity contribution in [3.8, 4) is 0 Å². The number of rotatable bonds is 1. The van der Waals surface area contributed by atoms with Crippen LogP contribution in [0.4, 0.5) is 27.8 Å². The first-order chi connectivity index (χ1) is 8.67. The van der Waals surface area contributed by atoms with Gasteiger partial charge in [-0.25, -0.2) is 13.8 Å². The van der Waals surface area contributed by atoms with E-state index >= 15 is 0 Å². The highest BCUT2D eigenvalue weighted by Crippen LogP contribution is 2.33. The minimum absolute atomic E-state index is 0.0113. The van der Waals surface area contributed by atoms with Crippen LogP contribution in [0.1, 0.15) is 18.5 Å². The molecule has 0 N–H and O–H groups in total. The summed E-state index contributed by atoms with van der Waals surface area (Å²) in [6, 6.07) is 2.40. The van der Waals surface area contributed by atoms with Crippen LogP contribution in [0.15, 0.2) is 12.1 Å². The Morgan fingerprint density at radius 2 is 1.74 bits per heavy atom. The summed E-state index contributed by atoms with van der Waals surface area (Å²) in [5.74, 6) is -2.62. The van der Waals surface area contributed by atoms with E-state index in [4.69, 9.17) is 0 Å². The molecule has 0 saturated carbocycles. The van der Waals surface area contributed by atoms with Gasteiger partial charge in [-0.15, -0.1) is 0 Å². The standard InChI is InChI=1S/C11H10F5IN2/c12-10(13)1-3-19(4-2-10)9-6-7(17)5-8(18-9)11(14,15)16/h5-6H,1-4H2. The minimum atomic E-state index is -4.53. The van der Waals surface area contributed by atoms with E-state index in [2.05, 4.69) is 4.98 Å². The molecule has 0 aliphatic carbocycles. The zero-order valence-corrected chi connectivity index (χ0v) is 11.8. The number of pyridine rings is 1. The summed E-state index contributed by atoms with van der Waals surface area (Å²) in [6.07, 6.45) is -5.25. The first-order valence-corrected chi connectivity index (χ1v) is 6.63. The largest absolute Gasteiger partial charge is 0.433 e. The van der Waals surface area contributed by atoms with Gasteiger partial charge in [-0.05, 0) is 34.7 Å². The van der Waals surface area contributed by atoms with Gasteiger partial charge in [0.1, 0.15) is 11.5 Å². The predicted molar refractivity (Wildman–Crippen MR) is 68.4 cm³/mol. The highest BCUT2D eigenvalue weighted by atomic mass is 127. The molecule has 2 rings (SSSR count). The normalized spacial score (nSPS) is 19.6. The van der Waals surface area contributed by atoms with E-state index in [1.807, 2.05) is 0 Å². The molecule has 1 fully saturated rings. The third kappa shape index (κ3) is 3.67. The van der Waals surface area contributed by atoms with Crippen LogP contribution >= 0.6 is 22.6 Å². The van der Waals surface area contributed by atoms with Gasteiger partial charge in [0.15, 0.2) is 0 Å². The van der Waals surface area contributed by atoms with Gasteiger partial charge in [0, 0.05) is 29.5 Å². The Morgan fingerprint density at radius 1 is 1.16 bits per heavy atom. The van der Waals surface area contributed by atoms with Crippen molar-refractivity contribution in [1.29, 1.82) is 0 Å². The van der Waals surface area contributed by atoms with Crippen molar-refractivity contribution in [2.24, 2.45) is 0 Å². The molecule has 2 heterocycles. The second kappa shape index (κ2) is 5.02. The second-order valence-electron chi connectivity index (χ2n) is 4.37. The molecule has 1 aliphatic heterocycles. The van der Waals surface area contributed by atoms with Gasteiger partial charge in [0.2, 0.25) is 0 Å². The van der Waals surface area contributed by atoms with E-state index in [-0.39, 0.29) is 31.7 Å². The molecule has 0 atom stereocenters. The number of hydrogen-bond acceptors (Lipinski definition) is 2. The molecule has 19 heavy (non-hydrogen) atoms. The number of piperidine rings is 1. The van der Waals surface area contributed by atoms with Crippen LogP contribution in [0.25, 0.3) is 0 Å². The Kier molecular flexibility index (Phi) is 3.90. The molecule has 8 heteroatoms. The lowest BCUT2D eigenvalue weighted by Crippen LogP contribution is -2.40. The number of hydrogen-bond donors (Lipinski definition) is 0. The first kappa shape index (κ1) is 14.7. The molecule has 1 aromatic heterocycles. The molecule has 1 aliphatic rings. The fourth-order valence-electron chi connectivity index (χ4n) is 1.85. The van der Waals surface area contributed by atoms with Crippen LogP contribution < -0.4 is 4.90 Å². The summed E-state index contributed by atoms with van der Waals surface area (Å²) < 4.78 is 64.3. The molecule has 1 saturated heterocycles. The van der Waals surface area contributed by atoms with E-state index in [1.54, 1.807) is 22.6 Å². The van der Waals surface area contributed by atoms with Crippen molar-refractivity contribution in [2.45, 2.75) is 24.9 Å². The van der Waals surface area contributed by atoms with Gasteiger partial charge in [-0.2, -0.15) is 13.2 Å². The lowest BCUT2D eigenvalue weighted by Gasteiger charge is -2.32. The maximum absolute atomic E-state index is 13.0. The molecule has 0 unspecified atom stereocenters. The fourth-order valence-corrected chi connectivity index (χ4v) is 2.43. The van der Waals surface area contributed by atoms with Crippen LogP contribution in [0.5, 0.6) is 0 Å². The van der Waals surface area contributed by atoms with Crippen molar-refractivity contribution in [3.05, 3.63) is 21.4 Å². The lowest BCUT2D eigenvalue weighted by atomic mass is 10.1. The summed E-state index contributed by atoms with van der Waals surface area (Å²) in [5.41, 5.74) is -0.994. The number of anilines is 1. The number of alkyl halides is 5. The SMILES string of the molecule is FC1(F)CCN(c2cc(I)cc(C(F)(F)F)n2)CC1. The van der Waals surface area contributed by atoms with E-state index < -0.39 is 17.8 Å². The van der Waals surface area contributed by atoms with E-state index in [9.17, 15) is 22.0 Å². The van der Waals surface area contributed by atoms with Crippen molar-refractivity contribution in [3.63, 3.8) is 0 Å². The topological polar surface area (TPSA) is 16.1 Å². The number of aromatic nitrogens is 1. The molecule has 0 spiro atoms. The van der Waals surface area contributed by atoms with Gasteiger partial charge in [-0.3, -0.25) is 0 Å². The molecular formula is C11H10F5IN2. The average molecular weight is 392 g/mol. The van der Waals surface area contributed by atoms with Crippen molar-refractivity contribution >= 4 is 28.4 Å². The first-order valence-electron chi connectivity index (χ1n) is 5.55. The van der Waals surface area contributed by atoms with Gasteiger partial charge in [0.25, 0.3) is 5.92 Å². The lowest BCUT2D eigenvalue weighted by molar-refractivity contribution is -0.141. The third-order valence-corrected chi connectivity index (χ3v) is 3.51. The molecule has 1 aromatic rings. The zero-order chi connectivity index (χ0) is 14.3. The third-order valence-electron chi connectivity index (χ3n) is 2.89. The average Bonchev–Trinajstić information content (AvgIpc) is 2.26. The molecule has 0 amide bonds. The van der Waals surface area contributed by atoms with Crippen molar-refractivity contribution in [2.75, 3.05) is 18.0 Å². The van der Waals surface area contributed by atoms with E-state index in [1.165, 1.54) is 11.0 Å². The molecule has 0 radical (unpaired) electrons. The smallest absolute Gasteiger partial charge is 0.356 e. The van der Waals surface area contributed by atoms with Crippen molar-refractivity contribution < 1.29 is 22.0 Å². The quantitative estimate of drug-likeness (QED) is 0.532. The zero-order valence-electron chi connectivity index (χ0n) is 9.65. The maximum atomic E-state index is 13.0. The Hall–Kier alpha value is -0.670. The van der Waals surface area contributed by atoms with Crippen LogP contribution in [0.2, 0.25) is 0 Å². The van der Waals surface area contributed by atoms with Gasteiger partial charge in [0.05, 0.1) is 0 Å². The molecule has 0 aromatic carbocycles. The monoisotopic (exact) mass is 392 g/mol. The number of halogens is 6. The van der Waals surface area contributed by atoms with Crippen LogP contribution in [-0.4, -0.2) is 24.0 Å². The van der Waals surface area contributed by atoms with Crippen LogP contribution in [0, 0.1) is 3.57 Å². The Bertz CT molecular complexity index is 465. The van der Waals surface area contributed by atoms with E-state index in [0.717, 1.165) is 6.07 Å². The summed E-state index contributed by atoms with van der Waals surface area (Å²) in [5, 5.41) is 0. The minimum Gasteiger partial charge on any atom is -0.356 e. The molecule has 0 bridgehead atoms. The summed E-state index contributed by atoms with van der Waals surface area (Å²) >= 11 is 1.76. The Balaban J connectivity index is 2.24. The van der Waals surface area contributed by atoms with E-state index in [0.29, 0.717) is 3.57 Å². The highest BCUT2D eigenvalue weighted by molar-refractivity contribution is 14.1. The van der Waals surface area contributed by atoms with Gasteiger partial charge >= 0.3 is 6.18 Å². The molecule has 106 valence electrons. The van der Waals surface area contributed by atoms with Crippen LogP contribution in [-0.2, 0) is 6.18 Å². The second-order valence-corrected chi connectivity index (χ2v) is 5.62. The van der Waals surface area contributed by atoms with Crippen LogP contribution in [0.3, 0.4) is 0 Å². The molecular weight excluding hydrogens is 382 g/mol. The van der Waals surface area contributed by atoms with Crippen molar-refractivity contribution in [1.82, 2.24) is 4.98 Å². The highest BCUT2D eigenvalue weighted by Gasteiger charge is 2.36. The summed E-state index contributed by atoms with van der Waals surface area (Å²) in [6.45, 7) is 0.0226. The Labute approximate surface area is 120 Å². The van der Waals surface area contributed by atoms with Gasteiger partial charge in [-0.1, -0.05) is 0 Å². The maximum Gasteiger partial charge on any atom is 0.433 e. The fraction of sp³-hybridized carbons (Fsp3) is 0.545. The summed E-state index contributed by atoms with van der Waals surface area (Å²) in [4.78, 5) is 4.99.